The number of benzene rings is 1. The molecule has 0 amide bonds. The fraction of sp³-hybridized carbons (Fsp3) is 0.667. The Bertz CT molecular complexity index is 538. The van der Waals surface area contributed by atoms with Gasteiger partial charge in [-0.3, -0.25) is 0 Å². The number of nitriles is 1. The molecular formula is C21H29N. The summed E-state index contributed by atoms with van der Waals surface area (Å²) in [7, 11) is 0. The van der Waals surface area contributed by atoms with Gasteiger partial charge in [-0.05, 0) is 86.3 Å². The van der Waals surface area contributed by atoms with Crippen LogP contribution in [0.1, 0.15) is 80.9 Å². The molecule has 22 heavy (non-hydrogen) atoms. The van der Waals surface area contributed by atoms with Gasteiger partial charge in [0.25, 0.3) is 0 Å². The first kappa shape index (κ1) is 15.6. The third-order valence-corrected chi connectivity index (χ3v) is 6.34. The maximum atomic E-state index is 9.07. The molecule has 2 aliphatic rings. The summed E-state index contributed by atoms with van der Waals surface area (Å²) < 4.78 is 0. The Morgan fingerprint density at radius 1 is 0.909 bits per heavy atom. The molecule has 0 aromatic heterocycles. The first-order valence-corrected chi connectivity index (χ1v) is 9.18. The molecule has 0 heterocycles. The lowest BCUT2D eigenvalue weighted by molar-refractivity contribution is 0.165. The summed E-state index contributed by atoms with van der Waals surface area (Å²) in [5.41, 5.74) is 3.43. The molecule has 1 heteroatoms. The van der Waals surface area contributed by atoms with Crippen LogP contribution in [0.25, 0.3) is 0 Å². The molecule has 0 bridgehead atoms. The number of hydrogen-bond acceptors (Lipinski definition) is 1. The Balaban J connectivity index is 1.57. The molecule has 0 aliphatic heterocycles. The highest BCUT2D eigenvalue weighted by Crippen LogP contribution is 2.43. The summed E-state index contributed by atoms with van der Waals surface area (Å²) in [5, 5.41) is 9.07. The van der Waals surface area contributed by atoms with Crippen LogP contribution in [-0.4, -0.2) is 0 Å². The predicted molar refractivity (Wildman–Crippen MR) is 91.7 cm³/mol. The van der Waals surface area contributed by atoms with Crippen LogP contribution in [0.15, 0.2) is 18.2 Å². The van der Waals surface area contributed by atoms with Crippen LogP contribution in [0.3, 0.4) is 0 Å². The van der Waals surface area contributed by atoms with E-state index in [1.807, 2.05) is 6.07 Å². The van der Waals surface area contributed by atoms with Gasteiger partial charge in [0, 0.05) is 0 Å². The Kier molecular flexibility index (Phi) is 4.87. The van der Waals surface area contributed by atoms with E-state index in [0.717, 1.165) is 34.8 Å². The second-order valence-electron chi connectivity index (χ2n) is 7.82. The predicted octanol–water partition coefficient (Wildman–Crippen LogP) is 5.97. The van der Waals surface area contributed by atoms with E-state index in [1.54, 1.807) is 0 Å². The third-order valence-electron chi connectivity index (χ3n) is 6.34. The molecule has 0 unspecified atom stereocenters. The van der Waals surface area contributed by atoms with Crippen molar-refractivity contribution >= 4 is 0 Å². The van der Waals surface area contributed by atoms with Gasteiger partial charge in [-0.15, -0.1) is 0 Å². The molecule has 0 radical (unpaired) electrons. The van der Waals surface area contributed by atoms with Gasteiger partial charge >= 0.3 is 0 Å². The summed E-state index contributed by atoms with van der Waals surface area (Å²) in [6.45, 7) is 4.48. The minimum atomic E-state index is 0.727. The second kappa shape index (κ2) is 6.86. The molecule has 0 saturated heterocycles. The smallest absolute Gasteiger partial charge is 0.0994 e. The number of aryl methyl sites for hydroxylation is 1. The molecule has 2 fully saturated rings. The Hall–Kier alpha value is -1.29. The van der Waals surface area contributed by atoms with Crippen molar-refractivity contribution in [1.82, 2.24) is 0 Å². The Morgan fingerprint density at radius 2 is 1.50 bits per heavy atom. The minimum absolute atomic E-state index is 0.727. The summed E-state index contributed by atoms with van der Waals surface area (Å²) in [4.78, 5) is 0. The number of nitrogens with zero attached hydrogens (tertiary/aromatic N) is 1. The van der Waals surface area contributed by atoms with Crippen LogP contribution in [0.2, 0.25) is 0 Å². The Morgan fingerprint density at radius 3 is 2.05 bits per heavy atom. The van der Waals surface area contributed by atoms with E-state index < -0.39 is 0 Å². The van der Waals surface area contributed by atoms with Crippen molar-refractivity contribution in [3.05, 3.63) is 34.9 Å². The topological polar surface area (TPSA) is 23.8 Å². The van der Waals surface area contributed by atoms with Crippen LogP contribution in [-0.2, 0) is 0 Å². The van der Waals surface area contributed by atoms with Gasteiger partial charge in [0.05, 0.1) is 11.6 Å². The SMILES string of the molecule is Cc1cc(C2CCC(C3CCC(C)CC3)CC2)ccc1C#N. The van der Waals surface area contributed by atoms with Crippen LogP contribution < -0.4 is 0 Å². The van der Waals surface area contributed by atoms with E-state index >= 15 is 0 Å². The van der Waals surface area contributed by atoms with Gasteiger partial charge in [0.15, 0.2) is 0 Å². The standard InChI is InChI=1S/C21H29N/c1-15-3-5-17(6-4-15)18-7-9-19(10-8-18)20-11-12-21(14-22)16(2)13-20/h11-13,15,17-19H,3-10H2,1-2H3. The zero-order chi connectivity index (χ0) is 15.5. The molecule has 0 spiro atoms. The van der Waals surface area contributed by atoms with Crippen molar-refractivity contribution in [3.8, 4) is 6.07 Å². The van der Waals surface area contributed by atoms with E-state index in [9.17, 15) is 0 Å². The van der Waals surface area contributed by atoms with E-state index in [0.29, 0.717) is 0 Å². The van der Waals surface area contributed by atoms with E-state index in [1.165, 1.54) is 56.9 Å². The molecule has 0 N–H and O–H groups in total. The maximum absolute atomic E-state index is 9.07. The first-order valence-electron chi connectivity index (χ1n) is 9.18. The van der Waals surface area contributed by atoms with Crippen molar-refractivity contribution in [2.75, 3.05) is 0 Å². The van der Waals surface area contributed by atoms with Crippen molar-refractivity contribution in [2.24, 2.45) is 17.8 Å². The highest BCUT2D eigenvalue weighted by atomic mass is 14.4. The fourth-order valence-electron chi connectivity index (χ4n) is 4.75. The summed E-state index contributed by atoms with van der Waals surface area (Å²) in [5.74, 6) is 3.70. The Labute approximate surface area is 135 Å². The van der Waals surface area contributed by atoms with Gasteiger partial charge in [0.1, 0.15) is 0 Å². The third kappa shape index (κ3) is 3.37. The lowest BCUT2D eigenvalue weighted by Crippen LogP contribution is -2.24. The van der Waals surface area contributed by atoms with Crippen molar-refractivity contribution in [3.63, 3.8) is 0 Å². The highest BCUT2D eigenvalue weighted by molar-refractivity contribution is 5.40. The zero-order valence-electron chi connectivity index (χ0n) is 14.1. The second-order valence-corrected chi connectivity index (χ2v) is 7.82. The quantitative estimate of drug-likeness (QED) is 0.659. The van der Waals surface area contributed by atoms with Gasteiger partial charge in [-0.2, -0.15) is 5.26 Å². The molecule has 0 atom stereocenters. The average Bonchev–Trinajstić information content (AvgIpc) is 2.56. The average molecular weight is 295 g/mol. The molecule has 1 aromatic carbocycles. The summed E-state index contributed by atoms with van der Waals surface area (Å²) >= 11 is 0. The first-order chi connectivity index (χ1) is 10.7. The van der Waals surface area contributed by atoms with Crippen LogP contribution in [0.5, 0.6) is 0 Å². The molecule has 118 valence electrons. The van der Waals surface area contributed by atoms with Crippen LogP contribution in [0.4, 0.5) is 0 Å². The van der Waals surface area contributed by atoms with E-state index in [-0.39, 0.29) is 0 Å². The van der Waals surface area contributed by atoms with Crippen molar-refractivity contribution in [1.29, 1.82) is 5.26 Å². The van der Waals surface area contributed by atoms with Crippen molar-refractivity contribution < 1.29 is 0 Å². The van der Waals surface area contributed by atoms with E-state index in [2.05, 4.69) is 32.0 Å². The number of rotatable bonds is 2. The lowest BCUT2D eigenvalue weighted by atomic mass is 9.68. The minimum Gasteiger partial charge on any atom is -0.192 e. The van der Waals surface area contributed by atoms with Crippen LogP contribution in [0, 0.1) is 36.0 Å². The van der Waals surface area contributed by atoms with Gasteiger partial charge in [0.2, 0.25) is 0 Å². The molecule has 2 aliphatic carbocycles. The molecular weight excluding hydrogens is 266 g/mol. The molecule has 1 aromatic rings. The molecule has 1 nitrogen and oxygen atoms in total. The van der Waals surface area contributed by atoms with Gasteiger partial charge in [-0.25, -0.2) is 0 Å². The van der Waals surface area contributed by atoms with Crippen molar-refractivity contribution in [2.45, 2.75) is 71.1 Å². The fourth-order valence-corrected chi connectivity index (χ4v) is 4.75. The number of hydrogen-bond donors (Lipinski definition) is 0. The van der Waals surface area contributed by atoms with Crippen LogP contribution >= 0.6 is 0 Å². The summed E-state index contributed by atoms with van der Waals surface area (Å²) in [6.07, 6.45) is 11.4. The summed E-state index contributed by atoms with van der Waals surface area (Å²) in [6, 6.07) is 8.74. The highest BCUT2D eigenvalue weighted by Gasteiger charge is 2.30. The monoisotopic (exact) mass is 295 g/mol. The zero-order valence-corrected chi connectivity index (χ0v) is 14.1. The van der Waals surface area contributed by atoms with Gasteiger partial charge < -0.3 is 0 Å². The molecule has 3 rings (SSSR count). The molecule has 2 saturated carbocycles. The largest absolute Gasteiger partial charge is 0.192 e. The lowest BCUT2D eigenvalue weighted by Gasteiger charge is -2.37. The van der Waals surface area contributed by atoms with E-state index in [4.69, 9.17) is 5.26 Å². The maximum Gasteiger partial charge on any atom is 0.0994 e. The normalized spacial score (nSPS) is 32.4. The van der Waals surface area contributed by atoms with Gasteiger partial charge in [-0.1, -0.05) is 31.9 Å².